The van der Waals surface area contributed by atoms with Gasteiger partial charge in [-0.2, -0.15) is 0 Å². The molecule has 3 heterocycles. The van der Waals surface area contributed by atoms with E-state index >= 15 is 0 Å². The average molecular weight is 366 g/mol. The van der Waals surface area contributed by atoms with Gasteiger partial charge in [0.2, 0.25) is 5.95 Å². The molecule has 0 radical (unpaired) electrons. The Morgan fingerprint density at radius 2 is 2.11 bits per heavy atom. The number of aryl methyl sites for hydroxylation is 1. The third-order valence-electron chi connectivity index (χ3n) is 4.92. The van der Waals surface area contributed by atoms with Gasteiger partial charge in [0.1, 0.15) is 5.67 Å². The van der Waals surface area contributed by atoms with Crippen LogP contribution in [0.2, 0.25) is 0 Å². The van der Waals surface area contributed by atoms with Crippen molar-refractivity contribution in [2.45, 2.75) is 45.7 Å². The van der Waals surface area contributed by atoms with Gasteiger partial charge < -0.3 is 5.32 Å². The minimum atomic E-state index is -1.11. The molecule has 3 aromatic heterocycles. The molecule has 27 heavy (non-hydrogen) atoms. The van der Waals surface area contributed by atoms with Gasteiger partial charge in [0.25, 0.3) is 0 Å². The van der Waals surface area contributed by atoms with Crippen LogP contribution in [0.15, 0.2) is 35.7 Å². The predicted octanol–water partition coefficient (Wildman–Crippen LogP) is 4.52. The number of halogens is 1. The highest BCUT2D eigenvalue weighted by atomic mass is 19.1. The fraction of sp³-hybridized carbons (Fsp3) is 0.400. The zero-order valence-corrected chi connectivity index (χ0v) is 15.8. The minimum Gasteiger partial charge on any atom is -0.350 e. The molecule has 6 nitrogen and oxygen atoms in total. The van der Waals surface area contributed by atoms with E-state index in [9.17, 15) is 4.39 Å². The third kappa shape index (κ3) is 3.54. The van der Waals surface area contributed by atoms with Crippen LogP contribution < -0.4 is 5.32 Å². The van der Waals surface area contributed by atoms with Crippen LogP contribution in [0.25, 0.3) is 16.6 Å². The van der Waals surface area contributed by atoms with E-state index in [4.69, 9.17) is 0 Å². The summed E-state index contributed by atoms with van der Waals surface area (Å²) in [4.78, 5) is 13.3. The molecule has 0 unspecified atom stereocenters. The summed E-state index contributed by atoms with van der Waals surface area (Å²) in [5, 5.41) is 7.47. The van der Waals surface area contributed by atoms with Crippen molar-refractivity contribution in [3.05, 3.63) is 36.3 Å². The van der Waals surface area contributed by atoms with Gasteiger partial charge in [0.05, 0.1) is 18.3 Å². The number of pyridine rings is 1. The summed E-state index contributed by atoms with van der Waals surface area (Å²) in [5.74, 6) is 1.17. The van der Waals surface area contributed by atoms with Gasteiger partial charge >= 0.3 is 0 Å². The van der Waals surface area contributed by atoms with Crippen molar-refractivity contribution in [1.29, 1.82) is 0 Å². The van der Waals surface area contributed by atoms with Crippen LogP contribution in [-0.4, -0.2) is 37.5 Å². The molecule has 1 N–H and O–H groups in total. The normalized spacial score (nSPS) is 15.4. The van der Waals surface area contributed by atoms with Gasteiger partial charge in [-0.1, -0.05) is 0 Å². The van der Waals surface area contributed by atoms with Crippen LogP contribution in [0.4, 0.5) is 16.2 Å². The number of hydrogen-bond donors (Lipinski definition) is 1. The van der Waals surface area contributed by atoms with E-state index < -0.39 is 5.67 Å². The highest BCUT2D eigenvalue weighted by Gasteiger charge is 2.36. The van der Waals surface area contributed by atoms with E-state index in [-0.39, 0.29) is 6.54 Å². The summed E-state index contributed by atoms with van der Waals surface area (Å²) in [6, 6.07) is 4.06. The first kappa shape index (κ1) is 17.6. The molecule has 0 amide bonds. The fourth-order valence-electron chi connectivity index (χ4n) is 3.24. The Balaban J connectivity index is 1.60. The maximum atomic E-state index is 14.1. The topological polar surface area (TPSA) is 67.5 Å². The van der Waals surface area contributed by atoms with Gasteiger partial charge in [-0.15, -0.1) is 5.10 Å². The summed E-state index contributed by atoms with van der Waals surface area (Å²) in [6.45, 7) is 6.17. The van der Waals surface area contributed by atoms with Crippen molar-refractivity contribution in [2.24, 2.45) is 4.99 Å². The molecule has 0 aliphatic heterocycles. The highest BCUT2D eigenvalue weighted by Crippen LogP contribution is 2.35. The summed E-state index contributed by atoms with van der Waals surface area (Å²) >= 11 is 0. The molecule has 3 aromatic rings. The lowest BCUT2D eigenvalue weighted by molar-refractivity contribution is 0.0782. The maximum absolute atomic E-state index is 14.1. The summed E-state index contributed by atoms with van der Waals surface area (Å²) in [5.41, 5.74) is 3.75. The quantitative estimate of drug-likeness (QED) is 0.674. The number of nitrogens with one attached hydrogen (secondary N) is 1. The largest absolute Gasteiger partial charge is 0.350 e. The third-order valence-corrected chi connectivity index (χ3v) is 4.92. The van der Waals surface area contributed by atoms with E-state index in [1.165, 1.54) is 0 Å². The smallest absolute Gasteiger partial charge is 0.241 e. The number of aliphatic imine (C=N–C) groups is 1. The average Bonchev–Trinajstić information content (AvgIpc) is 3.03. The van der Waals surface area contributed by atoms with Crippen molar-refractivity contribution in [1.82, 2.24) is 19.6 Å². The Morgan fingerprint density at radius 3 is 2.78 bits per heavy atom. The van der Waals surface area contributed by atoms with Crippen LogP contribution in [-0.2, 0) is 0 Å². The molecule has 0 spiro atoms. The molecule has 0 aromatic carbocycles. The second-order valence-electron chi connectivity index (χ2n) is 7.42. The van der Waals surface area contributed by atoms with E-state index in [1.807, 2.05) is 39.2 Å². The second-order valence-corrected chi connectivity index (χ2v) is 7.42. The zero-order valence-electron chi connectivity index (χ0n) is 15.8. The second kappa shape index (κ2) is 6.72. The summed E-state index contributed by atoms with van der Waals surface area (Å²) in [6.07, 6.45) is 7.63. The standard InChI is InChI=1S/C20H23FN6/c1-13(2)25-18-14(3)9-15(10-22-18)16-5-8-27-17(16)11-23-19(26-27)24-12-20(21)6-4-7-20/h5,8-11H,4,6-7,12H2,1-3H3,(H,24,26). The van der Waals surface area contributed by atoms with Crippen molar-refractivity contribution >= 4 is 23.0 Å². The Kier molecular flexibility index (Phi) is 4.37. The van der Waals surface area contributed by atoms with Crippen LogP contribution in [0.3, 0.4) is 0 Å². The first-order valence-electron chi connectivity index (χ1n) is 9.20. The monoisotopic (exact) mass is 366 g/mol. The van der Waals surface area contributed by atoms with Gasteiger partial charge in [-0.05, 0) is 57.7 Å². The predicted molar refractivity (Wildman–Crippen MR) is 106 cm³/mol. The Hall–Kier alpha value is -2.83. The Bertz CT molecular complexity index is 1010. The van der Waals surface area contributed by atoms with Crippen molar-refractivity contribution in [3.63, 3.8) is 0 Å². The molecule has 1 fully saturated rings. The molecule has 7 heteroatoms. The van der Waals surface area contributed by atoms with Crippen LogP contribution in [0, 0.1) is 6.92 Å². The van der Waals surface area contributed by atoms with E-state index in [2.05, 4.69) is 31.4 Å². The number of nitrogens with zero attached hydrogens (tertiary/aromatic N) is 5. The molecule has 1 aliphatic carbocycles. The Morgan fingerprint density at radius 1 is 1.30 bits per heavy atom. The number of rotatable bonds is 5. The molecule has 0 saturated heterocycles. The highest BCUT2D eigenvalue weighted by molar-refractivity contribution is 5.83. The van der Waals surface area contributed by atoms with E-state index in [0.29, 0.717) is 18.8 Å². The first-order chi connectivity index (χ1) is 12.9. The zero-order chi connectivity index (χ0) is 19.0. The minimum absolute atomic E-state index is 0.259. The van der Waals surface area contributed by atoms with Gasteiger partial charge in [0, 0.05) is 29.2 Å². The molecule has 140 valence electrons. The van der Waals surface area contributed by atoms with Crippen molar-refractivity contribution < 1.29 is 4.39 Å². The summed E-state index contributed by atoms with van der Waals surface area (Å²) in [7, 11) is 0. The molecule has 4 rings (SSSR count). The summed E-state index contributed by atoms with van der Waals surface area (Å²) < 4.78 is 15.9. The van der Waals surface area contributed by atoms with Gasteiger partial charge in [-0.25, -0.2) is 23.9 Å². The number of alkyl halides is 1. The van der Waals surface area contributed by atoms with E-state index in [1.54, 1.807) is 10.7 Å². The molecular formula is C20H23FN6. The first-order valence-corrected chi connectivity index (χ1v) is 9.20. The fourth-order valence-corrected chi connectivity index (χ4v) is 3.24. The lowest BCUT2D eigenvalue weighted by Gasteiger charge is -2.33. The molecule has 0 atom stereocenters. The van der Waals surface area contributed by atoms with Crippen molar-refractivity contribution in [2.75, 3.05) is 11.9 Å². The van der Waals surface area contributed by atoms with Crippen LogP contribution in [0.5, 0.6) is 0 Å². The van der Waals surface area contributed by atoms with E-state index in [0.717, 1.165) is 40.2 Å². The lowest BCUT2D eigenvalue weighted by Crippen LogP contribution is -2.39. The van der Waals surface area contributed by atoms with Gasteiger partial charge in [-0.3, -0.25) is 0 Å². The van der Waals surface area contributed by atoms with Crippen LogP contribution in [0.1, 0.15) is 38.7 Å². The number of anilines is 1. The molecule has 1 aliphatic rings. The molecular weight excluding hydrogens is 343 g/mol. The number of aromatic nitrogens is 4. The molecule has 0 bridgehead atoms. The SMILES string of the molecule is CC(C)=Nc1ncc(-c2ccn3nc(NCC4(F)CCC4)ncc23)cc1C. The van der Waals surface area contributed by atoms with Crippen LogP contribution >= 0.6 is 0 Å². The Labute approximate surface area is 157 Å². The number of fused-ring (bicyclic) bond motifs is 1. The lowest BCUT2D eigenvalue weighted by atomic mass is 9.82. The number of hydrogen-bond acceptors (Lipinski definition) is 5. The van der Waals surface area contributed by atoms with Crippen molar-refractivity contribution in [3.8, 4) is 11.1 Å². The molecule has 1 saturated carbocycles. The van der Waals surface area contributed by atoms with Gasteiger partial charge in [0.15, 0.2) is 5.82 Å². The maximum Gasteiger partial charge on any atom is 0.241 e.